The number of aliphatic carboxylic acids is 1. The van der Waals surface area contributed by atoms with E-state index < -0.39 is 30.6 Å². The number of carbonyl (C=O) groups excluding carboxylic acids is 2. The van der Waals surface area contributed by atoms with Crippen LogP contribution in [-0.4, -0.2) is 53.6 Å². The average Bonchev–Trinajstić information content (AvgIpc) is 2.72. The summed E-state index contributed by atoms with van der Waals surface area (Å²) in [6, 6.07) is 14.0. The zero-order valence-corrected chi connectivity index (χ0v) is 15.6. The standard InChI is InChI=1S/C21H21FN2O5/c22-16-8-6-14(7-9-16)10-11-24(12-18(26)27)21(28)20-19(23-17(25)13-29-20)15-4-2-1-3-5-15/h1-9,19-20H,10-13H2,(H,23,25)(H,26,27)/t19-,20-/m1/s1. The molecule has 1 aliphatic heterocycles. The number of carboxylic acid groups (broad SMARTS) is 1. The lowest BCUT2D eigenvalue weighted by atomic mass is 9.98. The summed E-state index contributed by atoms with van der Waals surface area (Å²) in [7, 11) is 0. The molecule has 1 fully saturated rings. The van der Waals surface area contributed by atoms with Gasteiger partial charge < -0.3 is 20.1 Å². The van der Waals surface area contributed by atoms with E-state index in [-0.39, 0.29) is 24.9 Å². The van der Waals surface area contributed by atoms with Gasteiger partial charge in [-0.3, -0.25) is 14.4 Å². The Balaban J connectivity index is 1.78. The summed E-state index contributed by atoms with van der Waals surface area (Å²) in [5.41, 5.74) is 1.46. The largest absolute Gasteiger partial charge is 0.480 e. The molecule has 0 saturated carbocycles. The molecular weight excluding hydrogens is 379 g/mol. The Labute approximate surface area is 167 Å². The van der Waals surface area contributed by atoms with Crippen LogP contribution in [-0.2, 0) is 25.5 Å². The Kier molecular flexibility index (Phi) is 6.56. The van der Waals surface area contributed by atoms with Crippen molar-refractivity contribution in [2.45, 2.75) is 18.6 Å². The molecule has 0 spiro atoms. The Morgan fingerprint density at radius 1 is 1.14 bits per heavy atom. The second-order valence-electron chi connectivity index (χ2n) is 6.72. The van der Waals surface area contributed by atoms with Crippen LogP contribution in [0.4, 0.5) is 4.39 Å². The minimum Gasteiger partial charge on any atom is -0.480 e. The summed E-state index contributed by atoms with van der Waals surface area (Å²) in [6.45, 7) is -0.667. The van der Waals surface area contributed by atoms with E-state index in [0.29, 0.717) is 12.0 Å². The fraction of sp³-hybridized carbons (Fsp3) is 0.286. The summed E-state index contributed by atoms with van der Waals surface area (Å²) in [4.78, 5) is 37.4. The van der Waals surface area contributed by atoms with Gasteiger partial charge in [0.1, 0.15) is 19.0 Å². The fourth-order valence-electron chi connectivity index (χ4n) is 3.21. The number of ether oxygens (including phenoxy) is 1. The number of nitrogens with one attached hydrogen (secondary N) is 1. The van der Waals surface area contributed by atoms with Crippen LogP contribution in [0.1, 0.15) is 17.2 Å². The maximum Gasteiger partial charge on any atom is 0.323 e. The van der Waals surface area contributed by atoms with E-state index >= 15 is 0 Å². The van der Waals surface area contributed by atoms with Gasteiger partial charge in [0.2, 0.25) is 5.91 Å². The van der Waals surface area contributed by atoms with Gasteiger partial charge in [-0.2, -0.15) is 0 Å². The van der Waals surface area contributed by atoms with Gasteiger partial charge in [-0.1, -0.05) is 42.5 Å². The fourth-order valence-corrected chi connectivity index (χ4v) is 3.21. The first kappa shape index (κ1) is 20.5. The highest BCUT2D eigenvalue weighted by Gasteiger charge is 2.38. The Morgan fingerprint density at radius 3 is 2.48 bits per heavy atom. The van der Waals surface area contributed by atoms with Crippen LogP contribution in [0, 0.1) is 5.82 Å². The van der Waals surface area contributed by atoms with Crippen LogP contribution in [0.3, 0.4) is 0 Å². The monoisotopic (exact) mass is 400 g/mol. The van der Waals surface area contributed by atoms with Gasteiger partial charge >= 0.3 is 5.97 Å². The third-order valence-corrected chi connectivity index (χ3v) is 4.64. The average molecular weight is 400 g/mol. The maximum absolute atomic E-state index is 13.1. The minimum atomic E-state index is -1.16. The third kappa shape index (κ3) is 5.39. The molecule has 0 aliphatic carbocycles. The van der Waals surface area contributed by atoms with Crippen molar-refractivity contribution in [2.75, 3.05) is 19.7 Å². The summed E-state index contributed by atoms with van der Waals surface area (Å²) in [6.07, 6.45) is -0.684. The summed E-state index contributed by atoms with van der Waals surface area (Å²) < 4.78 is 18.6. The predicted octanol–water partition coefficient (Wildman–Crippen LogP) is 1.54. The lowest BCUT2D eigenvalue weighted by Crippen LogP contribution is -2.54. The van der Waals surface area contributed by atoms with Gasteiger partial charge in [-0.25, -0.2) is 4.39 Å². The highest BCUT2D eigenvalue weighted by atomic mass is 19.1. The van der Waals surface area contributed by atoms with Crippen molar-refractivity contribution in [3.05, 3.63) is 71.5 Å². The van der Waals surface area contributed by atoms with E-state index in [4.69, 9.17) is 4.74 Å². The number of morpholine rings is 1. The van der Waals surface area contributed by atoms with Gasteiger partial charge in [0.05, 0.1) is 6.04 Å². The first-order chi connectivity index (χ1) is 13.9. The Hall–Kier alpha value is -3.26. The van der Waals surface area contributed by atoms with E-state index in [9.17, 15) is 23.9 Å². The molecule has 1 heterocycles. The lowest BCUT2D eigenvalue weighted by Gasteiger charge is -2.34. The molecule has 8 heteroatoms. The molecule has 0 aromatic heterocycles. The topological polar surface area (TPSA) is 95.9 Å². The third-order valence-electron chi connectivity index (χ3n) is 4.64. The number of amides is 2. The number of nitrogens with zero attached hydrogens (tertiary/aromatic N) is 1. The quantitative estimate of drug-likeness (QED) is 0.735. The highest BCUT2D eigenvalue weighted by Crippen LogP contribution is 2.24. The maximum atomic E-state index is 13.1. The van der Waals surface area contributed by atoms with Crippen LogP contribution in [0.25, 0.3) is 0 Å². The number of carboxylic acids is 1. The van der Waals surface area contributed by atoms with Crippen LogP contribution in [0.15, 0.2) is 54.6 Å². The molecule has 7 nitrogen and oxygen atoms in total. The zero-order chi connectivity index (χ0) is 20.8. The molecule has 0 unspecified atom stereocenters. The predicted molar refractivity (Wildman–Crippen MR) is 101 cm³/mol. The summed E-state index contributed by atoms with van der Waals surface area (Å²) in [5.74, 6) is -2.40. The van der Waals surface area contributed by atoms with Gasteiger partial charge in [0.25, 0.3) is 5.91 Å². The molecule has 0 bridgehead atoms. The molecule has 2 aromatic rings. The first-order valence-corrected chi connectivity index (χ1v) is 9.15. The van der Waals surface area contributed by atoms with E-state index in [1.807, 2.05) is 6.07 Å². The van der Waals surface area contributed by atoms with Crippen molar-refractivity contribution in [3.63, 3.8) is 0 Å². The molecule has 29 heavy (non-hydrogen) atoms. The smallest absolute Gasteiger partial charge is 0.323 e. The SMILES string of the molecule is O=C(O)CN(CCc1ccc(F)cc1)C(=O)[C@@H]1OCC(=O)N[C@@H]1c1ccccc1. The van der Waals surface area contributed by atoms with Crippen LogP contribution in [0.5, 0.6) is 0 Å². The van der Waals surface area contributed by atoms with Crippen molar-refractivity contribution < 1.29 is 28.6 Å². The van der Waals surface area contributed by atoms with Gasteiger partial charge in [-0.05, 0) is 29.7 Å². The molecule has 1 saturated heterocycles. The van der Waals surface area contributed by atoms with Crippen LogP contribution < -0.4 is 5.32 Å². The lowest BCUT2D eigenvalue weighted by molar-refractivity contribution is -0.158. The van der Waals surface area contributed by atoms with Crippen LogP contribution >= 0.6 is 0 Å². The Morgan fingerprint density at radius 2 is 1.83 bits per heavy atom. The molecule has 2 N–H and O–H groups in total. The van der Waals surface area contributed by atoms with Crippen molar-refractivity contribution in [1.82, 2.24) is 10.2 Å². The van der Waals surface area contributed by atoms with Crippen LogP contribution in [0.2, 0.25) is 0 Å². The van der Waals surface area contributed by atoms with Gasteiger partial charge in [0.15, 0.2) is 6.10 Å². The molecule has 2 atom stereocenters. The van der Waals surface area contributed by atoms with E-state index in [1.165, 1.54) is 17.0 Å². The number of carbonyl (C=O) groups is 3. The molecule has 1 aliphatic rings. The van der Waals surface area contributed by atoms with E-state index in [0.717, 1.165) is 5.56 Å². The van der Waals surface area contributed by atoms with E-state index in [2.05, 4.69) is 5.32 Å². The number of hydrogen-bond donors (Lipinski definition) is 2. The molecule has 152 valence electrons. The second kappa shape index (κ2) is 9.29. The molecule has 0 radical (unpaired) electrons. The number of halogens is 1. The van der Waals surface area contributed by atoms with Crippen molar-refractivity contribution >= 4 is 17.8 Å². The number of rotatable bonds is 7. The highest BCUT2D eigenvalue weighted by molar-refractivity contribution is 5.88. The summed E-state index contributed by atoms with van der Waals surface area (Å²) >= 11 is 0. The Bertz CT molecular complexity index is 872. The molecule has 2 amide bonds. The van der Waals surface area contributed by atoms with E-state index in [1.54, 1.807) is 36.4 Å². The molecular formula is C21H21FN2O5. The first-order valence-electron chi connectivity index (χ1n) is 9.15. The number of benzene rings is 2. The second-order valence-corrected chi connectivity index (χ2v) is 6.72. The van der Waals surface area contributed by atoms with Crippen molar-refractivity contribution in [1.29, 1.82) is 0 Å². The summed E-state index contributed by atoms with van der Waals surface area (Å²) in [5, 5.41) is 12.0. The molecule has 2 aromatic carbocycles. The zero-order valence-electron chi connectivity index (χ0n) is 15.6. The normalized spacial score (nSPS) is 18.7. The number of hydrogen-bond acceptors (Lipinski definition) is 4. The van der Waals surface area contributed by atoms with Gasteiger partial charge in [-0.15, -0.1) is 0 Å². The van der Waals surface area contributed by atoms with Crippen molar-refractivity contribution in [3.8, 4) is 0 Å². The minimum absolute atomic E-state index is 0.117. The van der Waals surface area contributed by atoms with Gasteiger partial charge in [0, 0.05) is 6.54 Å². The van der Waals surface area contributed by atoms with Crippen molar-refractivity contribution in [2.24, 2.45) is 0 Å². The molecule has 3 rings (SSSR count).